The summed E-state index contributed by atoms with van der Waals surface area (Å²) in [7, 11) is 2.84. The quantitative estimate of drug-likeness (QED) is 0.622. The van der Waals surface area contributed by atoms with E-state index in [-0.39, 0.29) is 6.61 Å². The molecule has 6 heteroatoms. The van der Waals surface area contributed by atoms with E-state index in [4.69, 9.17) is 14.6 Å². The van der Waals surface area contributed by atoms with Crippen LogP contribution in [0.1, 0.15) is 0 Å². The van der Waals surface area contributed by atoms with Crippen LogP contribution in [0.25, 0.3) is 0 Å². The molecule has 0 saturated carbocycles. The van der Waals surface area contributed by atoms with E-state index in [1.54, 1.807) is 0 Å². The summed E-state index contributed by atoms with van der Waals surface area (Å²) in [5.41, 5.74) is 0. The maximum absolute atomic E-state index is 10.8. The molecule has 0 saturated heterocycles. The monoisotopic (exact) mass is 204 g/mol. The van der Waals surface area contributed by atoms with Gasteiger partial charge in [-0.05, 0) is 0 Å². The first-order valence-electron chi connectivity index (χ1n) is 3.96. The van der Waals surface area contributed by atoms with Gasteiger partial charge in [0, 0.05) is 14.2 Å². The van der Waals surface area contributed by atoms with Crippen molar-refractivity contribution in [2.75, 3.05) is 20.8 Å². The number of hydrogen-bond acceptors (Lipinski definition) is 6. The first-order chi connectivity index (χ1) is 6.61. The number of aliphatic hydroxyl groups excluding tert-OH is 2. The Morgan fingerprint density at radius 3 is 2.50 bits per heavy atom. The highest BCUT2D eigenvalue weighted by Crippen LogP contribution is 2.22. The number of rotatable bonds is 4. The van der Waals surface area contributed by atoms with Crippen molar-refractivity contribution < 1.29 is 29.2 Å². The third-order valence-electron chi connectivity index (χ3n) is 1.91. The van der Waals surface area contributed by atoms with Crippen LogP contribution in [0.5, 0.6) is 0 Å². The molecule has 1 rings (SSSR count). The summed E-state index contributed by atoms with van der Waals surface area (Å²) >= 11 is 0. The molecule has 6 nitrogen and oxygen atoms in total. The maximum Gasteiger partial charge on any atom is 0.377 e. The van der Waals surface area contributed by atoms with Crippen molar-refractivity contribution in [3.05, 3.63) is 11.5 Å². The molecule has 1 aliphatic rings. The molecule has 1 unspecified atom stereocenters. The molecule has 0 bridgehead atoms. The van der Waals surface area contributed by atoms with Crippen LogP contribution in [-0.2, 0) is 19.0 Å². The van der Waals surface area contributed by atoms with Crippen LogP contribution in [0.2, 0.25) is 0 Å². The van der Waals surface area contributed by atoms with Gasteiger partial charge in [0.1, 0.15) is 6.10 Å². The Morgan fingerprint density at radius 1 is 1.50 bits per heavy atom. The lowest BCUT2D eigenvalue weighted by Crippen LogP contribution is -2.34. The average Bonchev–Trinajstić information content (AvgIpc) is 2.42. The second-order valence-corrected chi connectivity index (χ2v) is 2.79. The molecular formula is C8H12O6. The third kappa shape index (κ3) is 1.80. The molecule has 14 heavy (non-hydrogen) atoms. The lowest BCUT2D eigenvalue weighted by atomic mass is 10.2. The van der Waals surface area contributed by atoms with E-state index >= 15 is 0 Å². The maximum atomic E-state index is 10.8. The summed E-state index contributed by atoms with van der Waals surface area (Å²) < 4.78 is 14.4. The third-order valence-corrected chi connectivity index (χ3v) is 1.91. The summed E-state index contributed by atoms with van der Waals surface area (Å²) in [5, 5.41) is 18.3. The number of cyclic esters (lactones) is 1. The molecule has 0 aliphatic carbocycles. The van der Waals surface area contributed by atoms with Crippen LogP contribution in [0, 0.1) is 0 Å². The molecule has 80 valence electrons. The van der Waals surface area contributed by atoms with E-state index in [0.29, 0.717) is 0 Å². The van der Waals surface area contributed by atoms with Crippen molar-refractivity contribution in [2.24, 2.45) is 0 Å². The predicted molar refractivity (Wildman–Crippen MR) is 44.8 cm³/mol. The molecule has 0 aromatic rings. The van der Waals surface area contributed by atoms with Crippen molar-refractivity contribution in [3.63, 3.8) is 0 Å². The molecule has 0 spiro atoms. The minimum atomic E-state index is -0.993. The van der Waals surface area contributed by atoms with E-state index in [2.05, 4.69) is 4.74 Å². The van der Waals surface area contributed by atoms with Gasteiger partial charge < -0.3 is 24.4 Å². The van der Waals surface area contributed by atoms with Crippen LogP contribution < -0.4 is 0 Å². The fourth-order valence-electron chi connectivity index (χ4n) is 1.16. The van der Waals surface area contributed by atoms with Gasteiger partial charge in [0.05, 0.1) is 6.61 Å². The van der Waals surface area contributed by atoms with Gasteiger partial charge in [-0.25, -0.2) is 4.79 Å². The van der Waals surface area contributed by atoms with Crippen molar-refractivity contribution in [2.45, 2.75) is 12.2 Å². The van der Waals surface area contributed by atoms with Gasteiger partial charge in [-0.2, -0.15) is 0 Å². The van der Waals surface area contributed by atoms with Gasteiger partial charge in [-0.3, -0.25) is 0 Å². The fraction of sp³-hybridized carbons (Fsp3) is 0.625. The second kappa shape index (κ2) is 4.30. The number of carbonyl (C=O) groups excluding carboxylic acids is 1. The summed E-state index contributed by atoms with van der Waals surface area (Å²) in [6.07, 6.45) is -1.62. The van der Waals surface area contributed by atoms with E-state index < -0.39 is 29.7 Å². The van der Waals surface area contributed by atoms with Crippen LogP contribution >= 0.6 is 0 Å². The van der Waals surface area contributed by atoms with Crippen molar-refractivity contribution in [3.8, 4) is 0 Å². The topological polar surface area (TPSA) is 85.2 Å². The average molecular weight is 204 g/mol. The predicted octanol–water partition coefficient (Wildman–Crippen LogP) is -0.0992. The van der Waals surface area contributed by atoms with Crippen molar-refractivity contribution in [1.82, 2.24) is 0 Å². The Hall–Kier alpha value is -1.27. The Kier molecular flexibility index (Phi) is 3.32. The van der Waals surface area contributed by atoms with E-state index in [1.165, 1.54) is 14.2 Å². The molecule has 1 aliphatic heterocycles. The molecule has 0 radical (unpaired) electrons. The molecule has 0 amide bonds. The van der Waals surface area contributed by atoms with Gasteiger partial charge in [-0.1, -0.05) is 0 Å². The van der Waals surface area contributed by atoms with Gasteiger partial charge in [0.25, 0.3) is 0 Å². The van der Waals surface area contributed by atoms with Crippen LogP contribution in [0.3, 0.4) is 0 Å². The van der Waals surface area contributed by atoms with Gasteiger partial charge in [-0.15, -0.1) is 0 Å². The smallest absolute Gasteiger partial charge is 0.377 e. The summed E-state index contributed by atoms with van der Waals surface area (Å²) in [6, 6.07) is 0. The highest BCUT2D eigenvalue weighted by atomic mass is 16.6. The number of carbonyl (C=O) groups is 1. The van der Waals surface area contributed by atoms with E-state index in [0.717, 1.165) is 0 Å². The summed E-state index contributed by atoms with van der Waals surface area (Å²) in [6.45, 7) is 0.145. The zero-order chi connectivity index (χ0) is 10.7. The summed E-state index contributed by atoms with van der Waals surface area (Å²) in [5.74, 6) is -2.24. The number of methoxy groups -OCH3 is 2. The standard InChI is InChI=1S/C8H12O6/c1-12-3-4(13-2)7-5(9)6(10)8(11)14-7/h4,7,9-10H,3H2,1-2H3/t4-,7?/m0/s1. The molecule has 0 fully saturated rings. The molecule has 0 aromatic carbocycles. The van der Waals surface area contributed by atoms with Gasteiger partial charge in [0.2, 0.25) is 5.76 Å². The zero-order valence-electron chi connectivity index (χ0n) is 7.89. The lowest BCUT2D eigenvalue weighted by molar-refractivity contribution is -0.149. The van der Waals surface area contributed by atoms with Crippen LogP contribution in [0.15, 0.2) is 11.5 Å². The Balaban J connectivity index is 2.75. The molecule has 1 heterocycles. The Labute approximate surface area is 80.7 Å². The minimum Gasteiger partial charge on any atom is -0.505 e. The minimum absolute atomic E-state index is 0.145. The Bertz CT molecular complexity index is 259. The first kappa shape index (κ1) is 10.8. The number of esters is 1. The molecule has 2 atom stereocenters. The lowest BCUT2D eigenvalue weighted by Gasteiger charge is -2.19. The van der Waals surface area contributed by atoms with Gasteiger partial charge in [0.15, 0.2) is 11.9 Å². The van der Waals surface area contributed by atoms with Gasteiger partial charge >= 0.3 is 5.97 Å². The zero-order valence-corrected chi connectivity index (χ0v) is 7.89. The van der Waals surface area contributed by atoms with E-state index in [9.17, 15) is 9.90 Å². The molecule has 2 N–H and O–H groups in total. The van der Waals surface area contributed by atoms with E-state index in [1.807, 2.05) is 0 Å². The number of hydrogen-bond donors (Lipinski definition) is 2. The SMILES string of the molecule is COC[C@H](OC)C1OC(=O)C(O)=C1O. The molecular weight excluding hydrogens is 192 g/mol. The highest BCUT2D eigenvalue weighted by Gasteiger charge is 2.40. The normalized spacial score (nSPS) is 23.9. The first-order valence-corrected chi connectivity index (χ1v) is 3.96. The Morgan fingerprint density at radius 2 is 2.14 bits per heavy atom. The summed E-state index contributed by atoms with van der Waals surface area (Å²) in [4.78, 5) is 10.8. The van der Waals surface area contributed by atoms with Crippen LogP contribution in [0.4, 0.5) is 0 Å². The van der Waals surface area contributed by atoms with Crippen molar-refractivity contribution in [1.29, 1.82) is 0 Å². The van der Waals surface area contributed by atoms with Crippen LogP contribution in [-0.4, -0.2) is 49.2 Å². The van der Waals surface area contributed by atoms with Crippen molar-refractivity contribution >= 4 is 5.97 Å². The highest BCUT2D eigenvalue weighted by molar-refractivity contribution is 5.89. The second-order valence-electron chi connectivity index (χ2n) is 2.79. The largest absolute Gasteiger partial charge is 0.505 e. The number of aliphatic hydroxyl groups is 2. The fourth-order valence-corrected chi connectivity index (χ4v) is 1.16. The number of ether oxygens (including phenoxy) is 3. The molecule has 0 aromatic heterocycles.